The summed E-state index contributed by atoms with van der Waals surface area (Å²) in [6, 6.07) is 9.54. The highest BCUT2D eigenvalue weighted by Gasteiger charge is 2.11. The Kier molecular flexibility index (Phi) is 3.26. The molecule has 1 atom stereocenters. The highest BCUT2D eigenvalue weighted by molar-refractivity contribution is 5.51. The molecule has 102 valence electrons. The zero-order valence-corrected chi connectivity index (χ0v) is 10.8. The van der Waals surface area contributed by atoms with Gasteiger partial charge in [-0.05, 0) is 19.1 Å². The number of hydrogen-bond acceptors (Lipinski definition) is 6. The molecule has 2 heterocycles. The molecule has 0 spiro atoms. The van der Waals surface area contributed by atoms with Gasteiger partial charge in [0.2, 0.25) is 0 Å². The molecule has 0 aliphatic rings. The average Bonchev–Trinajstić information content (AvgIpc) is 3.10. The number of rotatable bonds is 4. The van der Waals surface area contributed by atoms with Crippen LogP contribution in [0.5, 0.6) is 0 Å². The third-order valence-electron chi connectivity index (χ3n) is 2.78. The second-order valence-electron chi connectivity index (χ2n) is 4.40. The van der Waals surface area contributed by atoms with Crippen LogP contribution < -0.4 is 0 Å². The minimum absolute atomic E-state index is 0.343. The Hall–Kier alpha value is -2.54. The molecule has 2 aromatic heterocycles. The van der Waals surface area contributed by atoms with Gasteiger partial charge in [-0.2, -0.15) is 4.98 Å². The quantitative estimate of drug-likeness (QED) is 0.772. The van der Waals surface area contributed by atoms with Crippen molar-refractivity contribution in [3.8, 4) is 11.5 Å². The third-order valence-corrected chi connectivity index (χ3v) is 2.78. The molecule has 0 radical (unpaired) electrons. The van der Waals surface area contributed by atoms with Gasteiger partial charge in [-0.3, -0.25) is 0 Å². The molecule has 1 unspecified atom stereocenters. The van der Waals surface area contributed by atoms with Crippen LogP contribution in [-0.4, -0.2) is 30.2 Å². The van der Waals surface area contributed by atoms with Gasteiger partial charge >= 0.3 is 0 Å². The minimum atomic E-state index is -0.645. The van der Waals surface area contributed by atoms with E-state index in [9.17, 15) is 5.11 Å². The van der Waals surface area contributed by atoms with Crippen LogP contribution in [0.15, 0.2) is 41.1 Å². The topological polar surface area (TPSA) is 89.9 Å². The van der Waals surface area contributed by atoms with Gasteiger partial charge in [-0.1, -0.05) is 28.6 Å². The molecule has 1 aromatic carbocycles. The SMILES string of the molecule is CC(O)c1cn(Cc2noc(-c3ccccc3)n2)nn1. The number of hydrogen-bond donors (Lipinski definition) is 1. The fourth-order valence-electron chi connectivity index (χ4n) is 1.74. The number of nitrogens with zero attached hydrogens (tertiary/aromatic N) is 5. The number of aromatic nitrogens is 5. The van der Waals surface area contributed by atoms with Crippen LogP contribution in [0.25, 0.3) is 11.5 Å². The first-order valence-corrected chi connectivity index (χ1v) is 6.18. The lowest BCUT2D eigenvalue weighted by Crippen LogP contribution is -2.02. The lowest BCUT2D eigenvalue weighted by atomic mass is 10.2. The molecular weight excluding hydrogens is 258 g/mol. The van der Waals surface area contributed by atoms with E-state index in [0.29, 0.717) is 24.0 Å². The molecule has 7 nitrogen and oxygen atoms in total. The van der Waals surface area contributed by atoms with E-state index < -0.39 is 6.10 Å². The van der Waals surface area contributed by atoms with Gasteiger partial charge in [0.05, 0.1) is 12.3 Å². The first-order chi connectivity index (χ1) is 9.72. The van der Waals surface area contributed by atoms with Crippen LogP contribution >= 0.6 is 0 Å². The fourth-order valence-corrected chi connectivity index (χ4v) is 1.74. The van der Waals surface area contributed by atoms with E-state index in [0.717, 1.165) is 5.56 Å². The van der Waals surface area contributed by atoms with Gasteiger partial charge in [-0.15, -0.1) is 5.10 Å². The Labute approximate surface area is 114 Å². The largest absolute Gasteiger partial charge is 0.387 e. The van der Waals surface area contributed by atoms with E-state index in [1.807, 2.05) is 30.3 Å². The number of aliphatic hydroxyl groups is 1. The van der Waals surface area contributed by atoms with Crippen molar-refractivity contribution in [3.05, 3.63) is 48.0 Å². The molecule has 0 aliphatic carbocycles. The Morgan fingerprint density at radius 2 is 2.10 bits per heavy atom. The number of benzene rings is 1. The molecule has 3 rings (SSSR count). The molecule has 1 N–H and O–H groups in total. The summed E-state index contributed by atoms with van der Waals surface area (Å²) in [5.74, 6) is 0.974. The molecule has 0 aliphatic heterocycles. The lowest BCUT2D eigenvalue weighted by Gasteiger charge is -1.95. The van der Waals surface area contributed by atoms with Crippen molar-refractivity contribution in [2.24, 2.45) is 0 Å². The standard InChI is InChI=1S/C13H13N5O2/c1-9(19)11-7-18(17-15-11)8-12-14-13(20-16-12)10-5-3-2-4-6-10/h2-7,9,19H,8H2,1H3. The van der Waals surface area contributed by atoms with E-state index in [2.05, 4.69) is 20.5 Å². The van der Waals surface area contributed by atoms with Gasteiger partial charge in [-0.25, -0.2) is 4.68 Å². The molecule has 7 heteroatoms. The first-order valence-electron chi connectivity index (χ1n) is 6.18. The molecule has 0 saturated heterocycles. The summed E-state index contributed by atoms with van der Waals surface area (Å²) in [6.45, 7) is 1.98. The van der Waals surface area contributed by atoms with Gasteiger partial charge < -0.3 is 9.63 Å². The normalized spacial score (nSPS) is 12.5. The van der Waals surface area contributed by atoms with E-state index in [1.165, 1.54) is 0 Å². The van der Waals surface area contributed by atoms with Crippen molar-refractivity contribution in [1.29, 1.82) is 0 Å². The molecule has 0 bridgehead atoms. The zero-order valence-electron chi connectivity index (χ0n) is 10.8. The minimum Gasteiger partial charge on any atom is -0.387 e. The van der Waals surface area contributed by atoms with Crippen molar-refractivity contribution >= 4 is 0 Å². The van der Waals surface area contributed by atoms with Crippen LogP contribution in [-0.2, 0) is 6.54 Å². The van der Waals surface area contributed by atoms with Gasteiger partial charge in [0.1, 0.15) is 12.2 Å². The van der Waals surface area contributed by atoms with Crippen LogP contribution in [0.3, 0.4) is 0 Å². The molecular formula is C13H13N5O2. The molecule has 0 amide bonds. The van der Waals surface area contributed by atoms with E-state index >= 15 is 0 Å². The summed E-state index contributed by atoms with van der Waals surface area (Å²) in [4.78, 5) is 4.30. The number of aliphatic hydroxyl groups excluding tert-OH is 1. The van der Waals surface area contributed by atoms with Crippen LogP contribution in [0.4, 0.5) is 0 Å². The highest BCUT2D eigenvalue weighted by Crippen LogP contribution is 2.16. The second-order valence-corrected chi connectivity index (χ2v) is 4.40. The Balaban J connectivity index is 1.77. The zero-order chi connectivity index (χ0) is 13.9. The first kappa shape index (κ1) is 12.5. The van der Waals surface area contributed by atoms with Crippen molar-refractivity contribution in [2.45, 2.75) is 19.6 Å². The Morgan fingerprint density at radius 1 is 1.30 bits per heavy atom. The fraction of sp³-hybridized carbons (Fsp3) is 0.231. The summed E-state index contributed by atoms with van der Waals surface area (Å²) in [7, 11) is 0. The summed E-state index contributed by atoms with van der Waals surface area (Å²) in [5.41, 5.74) is 1.38. The monoisotopic (exact) mass is 271 g/mol. The van der Waals surface area contributed by atoms with Crippen molar-refractivity contribution in [1.82, 2.24) is 25.1 Å². The molecule has 20 heavy (non-hydrogen) atoms. The maximum Gasteiger partial charge on any atom is 0.257 e. The second kappa shape index (κ2) is 5.22. The van der Waals surface area contributed by atoms with Crippen molar-refractivity contribution < 1.29 is 9.63 Å². The maximum absolute atomic E-state index is 9.39. The smallest absolute Gasteiger partial charge is 0.257 e. The Morgan fingerprint density at radius 3 is 2.80 bits per heavy atom. The summed E-state index contributed by atoms with van der Waals surface area (Å²) in [6.07, 6.45) is 1.01. The summed E-state index contributed by atoms with van der Waals surface area (Å²) >= 11 is 0. The van der Waals surface area contributed by atoms with Gasteiger partial charge in [0.25, 0.3) is 5.89 Å². The van der Waals surface area contributed by atoms with Crippen LogP contribution in [0.1, 0.15) is 24.5 Å². The summed E-state index contributed by atoms with van der Waals surface area (Å²) in [5, 5.41) is 21.0. The third kappa shape index (κ3) is 2.57. The Bertz CT molecular complexity index is 690. The molecule has 3 aromatic rings. The molecule has 0 fully saturated rings. The van der Waals surface area contributed by atoms with Crippen molar-refractivity contribution in [2.75, 3.05) is 0 Å². The van der Waals surface area contributed by atoms with Gasteiger partial charge in [0, 0.05) is 5.56 Å². The lowest BCUT2D eigenvalue weighted by molar-refractivity contribution is 0.194. The van der Waals surface area contributed by atoms with E-state index in [-0.39, 0.29) is 0 Å². The van der Waals surface area contributed by atoms with Crippen molar-refractivity contribution in [3.63, 3.8) is 0 Å². The van der Waals surface area contributed by atoms with Gasteiger partial charge in [0.15, 0.2) is 5.82 Å². The average molecular weight is 271 g/mol. The predicted molar refractivity (Wildman–Crippen MR) is 69.5 cm³/mol. The van der Waals surface area contributed by atoms with Crippen LogP contribution in [0.2, 0.25) is 0 Å². The van der Waals surface area contributed by atoms with Crippen LogP contribution in [0, 0.1) is 0 Å². The highest BCUT2D eigenvalue weighted by atomic mass is 16.5. The predicted octanol–water partition coefficient (Wildman–Crippen LogP) is 1.43. The van der Waals surface area contributed by atoms with E-state index in [4.69, 9.17) is 4.52 Å². The molecule has 0 saturated carbocycles. The van der Waals surface area contributed by atoms with E-state index in [1.54, 1.807) is 17.8 Å². The summed E-state index contributed by atoms with van der Waals surface area (Å²) < 4.78 is 6.76. The maximum atomic E-state index is 9.39.